The highest BCUT2D eigenvalue weighted by Crippen LogP contribution is 2.39. The van der Waals surface area contributed by atoms with E-state index in [2.05, 4.69) is 5.32 Å². The van der Waals surface area contributed by atoms with Crippen LogP contribution >= 0.6 is 11.6 Å². The number of ether oxygens (including phenoxy) is 1. The molecule has 142 valence electrons. The highest BCUT2D eigenvalue weighted by Gasteiger charge is 2.40. The van der Waals surface area contributed by atoms with E-state index in [4.69, 9.17) is 16.3 Å². The van der Waals surface area contributed by atoms with Gasteiger partial charge in [0.15, 0.2) is 0 Å². The van der Waals surface area contributed by atoms with Crippen molar-refractivity contribution in [2.24, 2.45) is 11.8 Å². The fourth-order valence-electron chi connectivity index (χ4n) is 4.03. The molecule has 6 heteroatoms. The average molecular weight is 379 g/mol. The van der Waals surface area contributed by atoms with Crippen molar-refractivity contribution in [1.29, 1.82) is 0 Å². The maximum Gasteiger partial charge on any atom is 0.225 e. The Labute approximate surface area is 160 Å². The Morgan fingerprint density at radius 1 is 1.27 bits per heavy atom. The summed E-state index contributed by atoms with van der Waals surface area (Å²) in [5.74, 6) is 0.310. The largest absolute Gasteiger partial charge is 0.381 e. The van der Waals surface area contributed by atoms with Crippen LogP contribution in [0.15, 0.2) is 24.3 Å². The van der Waals surface area contributed by atoms with Gasteiger partial charge in [-0.1, -0.05) is 29.8 Å². The van der Waals surface area contributed by atoms with Crippen molar-refractivity contribution in [2.75, 3.05) is 26.3 Å². The maximum atomic E-state index is 13.0. The molecular weight excluding hydrogens is 352 g/mol. The fraction of sp³-hybridized carbons (Fsp3) is 0.600. The lowest BCUT2D eigenvalue weighted by molar-refractivity contribution is -0.143. The van der Waals surface area contributed by atoms with Gasteiger partial charge < -0.3 is 15.0 Å². The van der Waals surface area contributed by atoms with Crippen molar-refractivity contribution >= 4 is 23.4 Å². The molecule has 2 aliphatic heterocycles. The van der Waals surface area contributed by atoms with Crippen molar-refractivity contribution in [3.8, 4) is 0 Å². The number of halogens is 1. The molecule has 0 aliphatic carbocycles. The molecule has 0 radical (unpaired) electrons. The first-order valence-electron chi connectivity index (χ1n) is 9.51. The zero-order chi connectivity index (χ0) is 18.5. The molecule has 2 saturated heterocycles. The number of hydrogen-bond donors (Lipinski definition) is 1. The molecule has 2 amide bonds. The molecule has 0 saturated carbocycles. The van der Waals surface area contributed by atoms with Gasteiger partial charge in [-0.05, 0) is 43.7 Å². The molecule has 3 rings (SSSR count). The van der Waals surface area contributed by atoms with Crippen molar-refractivity contribution in [1.82, 2.24) is 10.2 Å². The molecule has 2 atom stereocenters. The van der Waals surface area contributed by atoms with Crippen molar-refractivity contribution in [2.45, 2.75) is 38.6 Å². The Balaban J connectivity index is 1.77. The number of amides is 2. The SMILES string of the molecule is CCN1C(=O)CC[C@@H](C(=O)NCC2CCOCC2)[C@@H]1c1ccccc1Cl. The van der Waals surface area contributed by atoms with Gasteiger partial charge in [0.25, 0.3) is 0 Å². The lowest BCUT2D eigenvalue weighted by atomic mass is 9.83. The molecule has 1 aromatic carbocycles. The number of carbonyl (C=O) groups excluding carboxylic acids is 2. The monoisotopic (exact) mass is 378 g/mol. The summed E-state index contributed by atoms with van der Waals surface area (Å²) in [6.07, 6.45) is 2.94. The number of hydrogen-bond acceptors (Lipinski definition) is 3. The molecular formula is C20H27ClN2O3. The number of piperidine rings is 1. The number of nitrogens with zero attached hydrogens (tertiary/aromatic N) is 1. The zero-order valence-corrected chi connectivity index (χ0v) is 16.0. The first-order chi connectivity index (χ1) is 12.6. The Bertz CT molecular complexity index is 646. The summed E-state index contributed by atoms with van der Waals surface area (Å²) in [7, 11) is 0. The van der Waals surface area contributed by atoms with Crippen LogP contribution in [0.3, 0.4) is 0 Å². The molecule has 0 aromatic heterocycles. The highest BCUT2D eigenvalue weighted by atomic mass is 35.5. The topological polar surface area (TPSA) is 58.6 Å². The molecule has 2 fully saturated rings. The summed E-state index contributed by atoms with van der Waals surface area (Å²) in [6.45, 7) is 4.73. The minimum atomic E-state index is -0.301. The molecule has 1 aromatic rings. The molecule has 2 heterocycles. The van der Waals surface area contributed by atoms with Gasteiger partial charge in [-0.3, -0.25) is 9.59 Å². The van der Waals surface area contributed by atoms with Gasteiger partial charge in [0.1, 0.15) is 0 Å². The van der Waals surface area contributed by atoms with Gasteiger partial charge in [0, 0.05) is 37.7 Å². The van der Waals surface area contributed by atoms with E-state index in [1.54, 1.807) is 4.90 Å². The van der Waals surface area contributed by atoms with Crippen molar-refractivity contribution < 1.29 is 14.3 Å². The van der Waals surface area contributed by atoms with E-state index in [1.165, 1.54) is 0 Å². The van der Waals surface area contributed by atoms with E-state index in [0.717, 1.165) is 31.6 Å². The maximum absolute atomic E-state index is 13.0. The number of nitrogens with one attached hydrogen (secondary N) is 1. The summed E-state index contributed by atoms with van der Waals surface area (Å²) in [5.41, 5.74) is 0.857. The predicted octanol–water partition coefficient (Wildman–Crippen LogP) is 3.18. The number of carbonyl (C=O) groups is 2. The minimum Gasteiger partial charge on any atom is -0.381 e. The third-order valence-electron chi connectivity index (χ3n) is 5.51. The normalized spacial score (nSPS) is 24.5. The summed E-state index contributed by atoms with van der Waals surface area (Å²) in [4.78, 5) is 27.2. The van der Waals surface area contributed by atoms with E-state index in [1.807, 2.05) is 31.2 Å². The van der Waals surface area contributed by atoms with Crippen LogP contribution in [0.1, 0.15) is 44.2 Å². The summed E-state index contributed by atoms with van der Waals surface area (Å²) >= 11 is 6.41. The summed E-state index contributed by atoms with van der Waals surface area (Å²) in [6, 6.07) is 7.22. The standard InChI is InChI=1S/C20H27ClN2O3/c1-2-23-18(24)8-7-16(19(23)15-5-3-4-6-17(15)21)20(25)22-13-14-9-11-26-12-10-14/h3-6,14,16,19H,2,7-13H2,1H3,(H,22,25)/t16-,19+/m1/s1. The quantitative estimate of drug-likeness (QED) is 0.856. The van der Waals surface area contributed by atoms with Crippen LogP contribution in [0.4, 0.5) is 0 Å². The lowest BCUT2D eigenvalue weighted by Crippen LogP contribution is -2.48. The third-order valence-corrected chi connectivity index (χ3v) is 5.86. The van der Waals surface area contributed by atoms with Gasteiger partial charge in [0.05, 0.1) is 12.0 Å². The van der Waals surface area contributed by atoms with Crippen LogP contribution in [0.2, 0.25) is 5.02 Å². The number of likely N-dealkylation sites (tertiary alicyclic amines) is 1. The fourth-order valence-corrected chi connectivity index (χ4v) is 4.27. The predicted molar refractivity (Wildman–Crippen MR) is 101 cm³/mol. The Hall–Kier alpha value is -1.59. The molecule has 0 unspecified atom stereocenters. The Morgan fingerprint density at radius 2 is 2.00 bits per heavy atom. The number of benzene rings is 1. The van der Waals surface area contributed by atoms with E-state index in [9.17, 15) is 9.59 Å². The van der Waals surface area contributed by atoms with Crippen LogP contribution in [0.5, 0.6) is 0 Å². The minimum absolute atomic E-state index is 0.0207. The van der Waals surface area contributed by atoms with Gasteiger partial charge in [-0.15, -0.1) is 0 Å². The van der Waals surface area contributed by atoms with Crippen LogP contribution < -0.4 is 5.32 Å². The van der Waals surface area contributed by atoms with Crippen molar-refractivity contribution in [3.05, 3.63) is 34.9 Å². The molecule has 0 bridgehead atoms. The second-order valence-corrected chi connectivity index (χ2v) is 7.50. The Morgan fingerprint density at radius 3 is 2.69 bits per heavy atom. The first kappa shape index (κ1) is 19.2. The summed E-state index contributed by atoms with van der Waals surface area (Å²) < 4.78 is 5.38. The summed E-state index contributed by atoms with van der Waals surface area (Å²) in [5, 5.41) is 3.73. The van der Waals surface area contributed by atoms with Crippen LogP contribution in [-0.4, -0.2) is 43.0 Å². The second-order valence-electron chi connectivity index (χ2n) is 7.09. The highest BCUT2D eigenvalue weighted by molar-refractivity contribution is 6.31. The van der Waals surface area contributed by atoms with E-state index < -0.39 is 0 Å². The molecule has 26 heavy (non-hydrogen) atoms. The first-order valence-corrected chi connectivity index (χ1v) is 9.89. The van der Waals surface area contributed by atoms with Crippen LogP contribution in [-0.2, 0) is 14.3 Å². The van der Waals surface area contributed by atoms with E-state index in [0.29, 0.717) is 36.9 Å². The molecule has 0 spiro atoms. The molecule has 2 aliphatic rings. The van der Waals surface area contributed by atoms with Gasteiger partial charge >= 0.3 is 0 Å². The molecule has 1 N–H and O–H groups in total. The molecule has 5 nitrogen and oxygen atoms in total. The number of rotatable bonds is 5. The van der Waals surface area contributed by atoms with Crippen LogP contribution in [0, 0.1) is 11.8 Å². The Kier molecular flexibility index (Phi) is 6.54. The van der Waals surface area contributed by atoms with E-state index >= 15 is 0 Å². The smallest absolute Gasteiger partial charge is 0.225 e. The van der Waals surface area contributed by atoms with Crippen LogP contribution in [0.25, 0.3) is 0 Å². The van der Waals surface area contributed by atoms with Gasteiger partial charge in [-0.2, -0.15) is 0 Å². The van der Waals surface area contributed by atoms with E-state index in [-0.39, 0.29) is 23.8 Å². The van der Waals surface area contributed by atoms with Gasteiger partial charge in [0.2, 0.25) is 11.8 Å². The second kappa shape index (κ2) is 8.87. The average Bonchev–Trinajstić information content (AvgIpc) is 2.67. The zero-order valence-electron chi connectivity index (χ0n) is 15.2. The van der Waals surface area contributed by atoms with Crippen molar-refractivity contribution in [3.63, 3.8) is 0 Å². The lowest BCUT2D eigenvalue weighted by Gasteiger charge is -2.40. The van der Waals surface area contributed by atoms with Gasteiger partial charge in [-0.25, -0.2) is 0 Å². The third kappa shape index (κ3) is 4.21.